The fourth-order valence-corrected chi connectivity index (χ4v) is 2.62. The number of hydrogen-bond donors (Lipinski definition) is 1. The molecule has 18 heavy (non-hydrogen) atoms. The standard InChI is InChI=1S/C14H18BrNO2/c1-10-5-6-16-13(7-10)14(17)18-9-11-3-2-4-12(15)8-11/h2-4,8,10,13,16H,5-7,9H2,1H3. The third kappa shape index (κ3) is 3.82. The number of rotatable bonds is 3. The van der Waals surface area contributed by atoms with Gasteiger partial charge in [0, 0.05) is 4.47 Å². The zero-order valence-electron chi connectivity index (χ0n) is 10.5. The molecule has 3 nitrogen and oxygen atoms in total. The number of carbonyl (C=O) groups is 1. The summed E-state index contributed by atoms with van der Waals surface area (Å²) in [6, 6.07) is 7.67. The highest BCUT2D eigenvalue weighted by Crippen LogP contribution is 2.17. The quantitative estimate of drug-likeness (QED) is 0.872. The molecule has 2 atom stereocenters. The summed E-state index contributed by atoms with van der Waals surface area (Å²) >= 11 is 3.40. The molecule has 1 N–H and O–H groups in total. The van der Waals surface area contributed by atoms with Gasteiger partial charge in [0.1, 0.15) is 12.6 Å². The van der Waals surface area contributed by atoms with Crippen LogP contribution >= 0.6 is 15.9 Å². The molecule has 0 radical (unpaired) electrons. The van der Waals surface area contributed by atoms with Crippen LogP contribution in [0.2, 0.25) is 0 Å². The molecule has 0 saturated carbocycles. The first kappa shape index (κ1) is 13.6. The van der Waals surface area contributed by atoms with Gasteiger partial charge < -0.3 is 10.1 Å². The van der Waals surface area contributed by atoms with Crippen LogP contribution in [0.4, 0.5) is 0 Å². The van der Waals surface area contributed by atoms with Gasteiger partial charge in [0.25, 0.3) is 0 Å². The summed E-state index contributed by atoms with van der Waals surface area (Å²) in [5.41, 5.74) is 1.00. The second kappa shape index (κ2) is 6.34. The number of ether oxygens (including phenoxy) is 1. The summed E-state index contributed by atoms with van der Waals surface area (Å²) in [6.07, 6.45) is 2.01. The van der Waals surface area contributed by atoms with Gasteiger partial charge in [-0.05, 0) is 43.0 Å². The molecule has 1 aromatic carbocycles. The molecule has 0 amide bonds. The lowest BCUT2D eigenvalue weighted by molar-refractivity contribution is -0.148. The van der Waals surface area contributed by atoms with Crippen LogP contribution in [0.5, 0.6) is 0 Å². The van der Waals surface area contributed by atoms with Gasteiger partial charge in [-0.15, -0.1) is 0 Å². The first-order chi connectivity index (χ1) is 8.65. The molecular formula is C14H18BrNO2. The van der Waals surface area contributed by atoms with Gasteiger partial charge in [0.05, 0.1) is 0 Å². The molecule has 98 valence electrons. The Morgan fingerprint density at radius 1 is 1.56 bits per heavy atom. The zero-order chi connectivity index (χ0) is 13.0. The van der Waals surface area contributed by atoms with Crippen molar-refractivity contribution in [2.75, 3.05) is 6.54 Å². The van der Waals surface area contributed by atoms with Crippen molar-refractivity contribution in [3.63, 3.8) is 0 Å². The number of esters is 1. The summed E-state index contributed by atoms with van der Waals surface area (Å²) in [6.45, 7) is 3.41. The van der Waals surface area contributed by atoms with Crippen molar-refractivity contribution in [1.82, 2.24) is 5.32 Å². The third-order valence-electron chi connectivity index (χ3n) is 3.22. The topological polar surface area (TPSA) is 38.3 Å². The minimum atomic E-state index is -0.138. The molecule has 1 aliphatic rings. The Kier molecular flexibility index (Phi) is 4.78. The molecule has 0 spiro atoms. The molecule has 2 rings (SSSR count). The molecule has 4 heteroatoms. The summed E-state index contributed by atoms with van der Waals surface area (Å²) in [5, 5.41) is 3.21. The fourth-order valence-electron chi connectivity index (χ4n) is 2.17. The Morgan fingerprint density at radius 2 is 2.39 bits per heavy atom. The molecule has 1 aliphatic heterocycles. The van der Waals surface area contributed by atoms with Gasteiger partial charge in [-0.1, -0.05) is 35.0 Å². The van der Waals surface area contributed by atoms with Crippen LogP contribution in [0.15, 0.2) is 28.7 Å². The van der Waals surface area contributed by atoms with Crippen molar-refractivity contribution in [1.29, 1.82) is 0 Å². The maximum Gasteiger partial charge on any atom is 0.323 e. The van der Waals surface area contributed by atoms with Crippen LogP contribution in [0.25, 0.3) is 0 Å². The van der Waals surface area contributed by atoms with Crippen LogP contribution in [0.1, 0.15) is 25.3 Å². The fraction of sp³-hybridized carbons (Fsp3) is 0.500. The van der Waals surface area contributed by atoms with Gasteiger partial charge >= 0.3 is 5.97 Å². The van der Waals surface area contributed by atoms with Gasteiger partial charge in [-0.25, -0.2) is 0 Å². The van der Waals surface area contributed by atoms with Crippen LogP contribution in [0.3, 0.4) is 0 Å². The lowest BCUT2D eigenvalue weighted by atomic mass is 9.94. The molecule has 0 aliphatic carbocycles. The predicted molar refractivity (Wildman–Crippen MR) is 74.1 cm³/mol. The van der Waals surface area contributed by atoms with E-state index in [4.69, 9.17) is 4.74 Å². The average molecular weight is 312 g/mol. The zero-order valence-corrected chi connectivity index (χ0v) is 12.1. The van der Waals surface area contributed by atoms with Crippen molar-refractivity contribution >= 4 is 21.9 Å². The maximum absolute atomic E-state index is 11.9. The maximum atomic E-state index is 11.9. The van der Waals surface area contributed by atoms with Crippen LogP contribution < -0.4 is 5.32 Å². The second-order valence-corrected chi connectivity index (χ2v) is 5.79. The van der Waals surface area contributed by atoms with E-state index in [9.17, 15) is 4.79 Å². The number of hydrogen-bond acceptors (Lipinski definition) is 3. The van der Waals surface area contributed by atoms with E-state index in [1.807, 2.05) is 24.3 Å². The lowest BCUT2D eigenvalue weighted by Gasteiger charge is -2.26. The van der Waals surface area contributed by atoms with E-state index in [0.29, 0.717) is 12.5 Å². The highest BCUT2D eigenvalue weighted by atomic mass is 79.9. The Balaban J connectivity index is 1.84. The number of carbonyl (C=O) groups excluding carboxylic acids is 1. The number of halogens is 1. The Bertz CT molecular complexity index is 422. The summed E-state index contributed by atoms with van der Waals surface area (Å²) in [4.78, 5) is 11.9. The number of nitrogens with one attached hydrogen (secondary N) is 1. The van der Waals surface area contributed by atoms with Crippen molar-refractivity contribution in [3.8, 4) is 0 Å². The normalized spacial score (nSPS) is 23.7. The molecule has 1 heterocycles. The summed E-state index contributed by atoms with van der Waals surface area (Å²) in [5.74, 6) is 0.455. The SMILES string of the molecule is CC1CCNC(C(=O)OCc2cccc(Br)c2)C1. The summed E-state index contributed by atoms with van der Waals surface area (Å²) < 4.78 is 6.35. The first-order valence-electron chi connectivity index (χ1n) is 6.29. The Morgan fingerprint density at radius 3 is 3.11 bits per heavy atom. The smallest absolute Gasteiger partial charge is 0.323 e. The third-order valence-corrected chi connectivity index (χ3v) is 3.71. The Hall–Kier alpha value is -0.870. The molecule has 0 bridgehead atoms. The molecule has 0 aromatic heterocycles. The van der Waals surface area contributed by atoms with Crippen LogP contribution in [0, 0.1) is 5.92 Å². The van der Waals surface area contributed by atoms with Crippen LogP contribution in [-0.4, -0.2) is 18.6 Å². The molecule has 2 unspecified atom stereocenters. The van der Waals surface area contributed by atoms with E-state index in [1.165, 1.54) is 0 Å². The first-order valence-corrected chi connectivity index (χ1v) is 7.09. The van der Waals surface area contributed by atoms with Crippen molar-refractivity contribution in [2.45, 2.75) is 32.4 Å². The van der Waals surface area contributed by atoms with Crippen molar-refractivity contribution in [3.05, 3.63) is 34.3 Å². The Labute approximate surface area is 116 Å². The van der Waals surface area contributed by atoms with Crippen LogP contribution in [-0.2, 0) is 16.1 Å². The van der Waals surface area contributed by atoms with E-state index >= 15 is 0 Å². The van der Waals surface area contributed by atoms with Crippen molar-refractivity contribution in [2.24, 2.45) is 5.92 Å². The predicted octanol–water partition coefficient (Wildman–Crippen LogP) is 2.88. The highest BCUT2D eigenvalue weighted by Gasteiger charge is 2.25. The van der Waals surface area contributed by atoms with E-state index in [-0.39, 0.29) is 12.0 Å². The van der Waals surface area contributed by atoms with E-state index < -0.39 is 0 Å². The highest BCUT2D eigenvalue weighted by molar-refractivity contribution is 9.10. The van der Waals surface area contributed by atoms with E-state index in [1.54, 1.807) is 0 Å². The monoisotopic (exact) mass is 311 g/mol. The molecule has 1 fully saturated rings. The van der Waals surface area contributed by atoms with Gasteiger partial charge in [-0.2, -0.15) is 0 Å². The molecule has 1 aromatic rings. The van der Waals surface area contributed by atoms with Crippen molar-refractivity contribution < 1.29 is 9.53 Å². The van der Waals surface area contributed by atoms with Gasteiger partial charge in [0.15, 0.2) is 0 Å². The molecule has 1 saturated heterocycles. The summed E-state index contributed by atoms with van der Waals surface area (Å²) in [7, 11) is 0. The minimum absolute atomic E-state index is 0.137. The number of benzene rings is 1. The van der Waals surface area contributed by atoms with E-state index in [0.717, 1.165) is 29.4 Å². The van der Waals surface area contributed by atoms with E-state index in [2.05, 4.69) is 28.2 Å². The largest absolute Gasteiger partial charge is 0.460 e. The average Bonchev–Trinajstić information content (AvgIpc) is 2.36. The minimum Gasteiger partial charge on any atom is -0.460 e. The van der Waals surface area contributed by atoms with Gasteiger partial charge in [0.2, 0.25) is 0 Å². The lowest BCUT2D eigenvalue weighted by Crippen LogP contribution is -2.43. The molecular weight excluding hydrogens is 294 g/mol. The number of piperidine rings is 1. The van der Waals surface area contributed by atoms with Gasteiger partial charge in [-0.3, -0.25) is 4.79 Å². The second-order valence-electron chi connectivity index (χ2n) is 4.87.